The van der Waals surface area contributed by atoms with Crippen molar-refractivity contribution in [3.63, 3.8) is 0 Å². The fraction of sp³-hybridized carbons (Fsp3) is 0.0952. The van der Waals surface area contributed by atoms with Crippen LogP contribution in [-0.2, 0) is 0 Å². The molecule has 0 atom stereocenters. The maximum absolute atomic E-state index is 12.1. The summed E-state index contributed by atoms with van der Waals surface area (Å²) in [6.07, 6.45) is 0. The highest BCUT2D eigenvalue weighted by molar-refractivity contribution is 5.94. The van der Waals surface area contributed by atoms with Gasteiger partial charge in [-0.15, -0.1) is 0 Å². The first kappa shape index (κ1) is 15.8. The zero-order valence-electron chi connectivity index (χ0n) is 13.9. The Hall–Kier alpha value is -3.07. The molecule has 0 bridgehead atoms. The van der Waals surface area contributed by atoms with Crippen LogP contribution in [0.25, 0.3) is 0 Å². The van der Waals surface area contributed by atoms with Gasteiger partial charge in [-0.2, -0.15) is 0 Å². The van der Waals surface area contributed by atoms with Crippen molar-refractivity contribution in [1.82, 2.24) is 4.90 Å². The quantitative estimate of drug-likeness (QED) is 0.686. The van der Waals surface area contributed by atoms with Crippen LogP contribution in [0, 0.1) is 0 Å². The van der Waals surface area contributed by atoms with Gasteiger partial charge in [0.25, 0.3) is 5.91 Å². The molecule has 120 valence electrons. The van der Waals surface area contributed by atoms with Gasteiger partial charge >= 0.3 is 0 Å². The standard InChI is InChI=1S/C21H20N2O/c1-22(2)21(24)17-13-15-20(16-14-17)23(18-9-5-3-6-10-18)19-11-7-4-8-12-19/h3-16H,1-2H3. The lowest BCUT2D eigenvalue weighted by molar-refractivity contribution is 0.0827. The van der Waals surface area contributed by atoms with Crippen LogP contribution in [0.4, 0.5) is 17.1 Å². The van der Waals surface area contributed by atoms with E-state index in [2.05, 4.69) is 29.2 Å². The number of carbonyl (C=O) groups is 1. The molecule has 3 nitrogen and oxygen atoms in total. The lowest BCUT2D eigenvalue weighted by atomic mass is 10.1. The number of nitrogens with zero attached hydrogens (tertiary/aromatic N) is 2. The molecule has 0 aliphatic heterocycles. The first-order chi connectivity index (χ1) is 11.7. The molecule has 3 aromatic carbocycles. The van der Waals surface area contributed by atoms with Crippen molar-refractivity contribution in [2.75, 3.05) is 19.0 Å². The van der Waals surface area contributed by atoms with E-state index in [9.17, 15) is 4.79 Å². The Morgan fingerprint density at radius 3 is 1.46 bits per heavy atom. The summed E-state index contributed by atoms with van der Waals surface area (Å²) in [6, 6.07) is 28.1. The number of rotatable bonds is 4. The summed E-state index contributed by atoms with van der Waals surface area (Å²) < 4.78 is 0. The minimum Gasteiger partial charge on any atom is -0.345 e. The number of anilines is 3. The highest BCUT2D eigenvalue weighted by Crippen LogP contribution is 2.34. The van der Waals surface area contributed by atoms with Crippen LogP contribution in [0.15, 0.2) is 84.9 Å². The Morgan fingerprint density at radius 2 is 1.04 bits per heavy atom. The number of benzene rings is 3. The first-order valence-electron chi connectivity index (χ1n) is 7.89. The van der Waals surface area contributed by atoms with E-state index in [1.807, 2.05) is 60.7 Å². The van der Waals surface area contributed by atoms with Gasteiger partial charge in [0.15, 0.2) is 0 Å². The molecule has 3 aromatic rings. The van der Waals surface area contributed by atoms with Crippen LogP contribution in [0.2, 0.25) is 0 Å². The van der Waals surface area contributed by atoms with Gasteiger partial charge in [-0.05, 0) is 48.5 Å². The minimum absolute atomic E-state index is 0.00697. The van der Waals surface area contributed by atoms with Crippen LogP contribution in [-0.4, -0.2) is 24.9 Å². The van der Waals surface area contributed by atoms with E-state index in [0.29, 0.717) is 5.56 Å². The van der Waals surface area contributed by atoms with Gasteiger partial charge in [-0.3, -0.25) is 4.79 Å². The number of para-hydroxylation sites is 2. The summed E-state index contributed by atoms with van der Waals surface area (Å²) in [7, 11) is 3.52. The molecule has 0 fully saturated rings. The van der Waals surface area contributed by atoms with Crippen molar-refractivity contribution in [1.29, 1.82) is 0 Å². The van der Waals surface area contributed by atoms with Gasteiger partial charge in [0.05, 0.1) is 0 Å². The Labute approximate surface area is 142 Å². The van der Waals surface area contributed by atoms with Crippen molar-refractivity contribution < 1.29 is 4.79 Å². The molecule has 3 heteroatoms. The fourth-order valence-electron chi connectivity index (χ4n) is 2.61. The van der Waals surface area contributed by atoms with E-state index < -0.39 is 0 Å². The zero-order valence-corrected chi connectivity index (χ0v) is 13.9. The molecule has 0 aliphatic rings. The normalized spacial score (nSPS) is 10.2. The molecule has 0 spiro atoms. The average Bonchev–Trinajstić information content (AvgIpc) is 2.64. The molecular formula is C21H20N2O. The third-order valence-electron chi connectivity index (χ3n) is 3.81. The molecule has 0 radical (unpaired) electrons. The molecular weight excluding hydrogens is 296 g/mol. The van der Waals surface area contributed by atoms with Crippen molar-refractivity contribution in [2.45, 2.75) is 0 Å². The molecule has 0 aromatic heterocycles. The summed E-state index contributed by atoms with van der Waals surface area (Å²) in [5, 5.41) is 0. The van der Waals surface area contributed by atoms with Gasteiger partial charge < -0.3 is 9.80 Å². The Bertz CT molecular complexity index is 757. The molecule has 1 amide bonds. The lowest BCUT2D eigenvalue weighted by Gasteiger charge is -2.25. The minimum atomic E-state index is 0.00697. The van der Waals surface area contributed by atoms with Gasteiger partial charge in [0.2, 0.25) is 0 Å². The fourth-order valence-corrected chi connectivity index (χ4v) is 2.61. The molecule has 0 saturated heterocycles. The summed E-state index contributed by atoms with van der Waals surface area (Å²) in [5.74, 6) is 0.00697. The summed E-state index contributed by atoms with van der Waals surface area (Å²) in [6.45, 7) is 0. The van der Waals surface area contributed by atoms with Crippen molar-refractivity contribution in [3.8, 4) is 0 Å². The van der Waals surface area contributed by atoms with Crippen LogP contribution in [0.5, 0.6) is 0 Å². The third-order valence-corrected chi connectivity index (χ3v) is 3.81. The van der Waals surface area contributed by atoms with E-state index in [1.165, 1.54) is 0 Å². The van der Waals surface area contributed by atoms with Gasteiger partial charge in [0.1, 0.15) is 0 Å². The lowest BCUT2D eigenvalue weighted by Crippen LogP contribution is -2.21. The van der Waals surface area contributed by atoms with E-state index in [-0.39, 0.29) is 5.91 Å². The average molecular weight is 316 g/mol. The molecule has 0 unspecified atom stereocenters. The number of amides is 1. The Kier molecular flexibility index (Phi) is 4.62. The highest BCUT2D eigenvalue weighted by atomic mass is 16.2. The monoisotopic (exact) mass is 316 g/mol. The maximum Gasteiger partial charge on any atom is 0.253 e. The SMILES string of the molecule is CN(C)C(=O)c1ccc(N(c2ccccc2)c2ccccc2)cc1. The van der Waals surface area contributed by atoms with Crippen LogP contribution in [0.3, 0.4) is 0 Å². The van der Waals surface area contributed by atoms with E-state index in [0.717, 1.165) is 17.1 Å². The zero-order chi connectivity index (χ0) is 16.9. The summed E-state index contributed by atoms with van der Waals surface area (Å²) in [5.41, 5.74) is 3.86. The van der Waals surface area contributed by atoms with E-state index in [4.69, 9.17) is 0 Å². The van der Waals surface area contributed by atoms with E-state index >= 15 is 0 Å². The van der Waals surface area contributed by atoms with Crippen molar-refractivity contribution >= 4 is 23.0 Å². The molecule has 24 heavy (non-hydrogen) atoms. The summed E-state index contributed by atoms with van der Waals surface area (Å²) >= 11 is 0. The Morgan fingerprint density at radius 1 is 0.625 bits per heavy atom. The van der Waals surface area contributed by atoms with Crippen molar-refractivity contribution in [2.24, 2.45) is 0 Å². The molecule has 0 aliphatic carbocycles. The first-order valence-corrected chi connectivity index (χ1v) is 7.89. The molecule has 0 N–H and O–H groups in total. The van der Waals surface area contributed by atoms with Crippen LogP contribution < -0.4 is 4.90 Å². The smallest absolute Gasteiger partial charge is 0.253 e. The molecule has 0 saturated carbocycles. The van der Waals surface area contributed by atoms with Gasteiger partial charge in [-0.25, -0.2) is 0 Å². The highest BCUT2D eigenvalue weighted by Gasteiger charge is 2.13. The molecule has 3 rings (SSSR count). The second-order valence-electron chi connectivity index (χ2n) is 5.75. The summed E-state index contributed by atoms with van der Waals surface area (Å²) in [4.78, 5) is 15.8. The molecule has 0 heterocycles. The van der Waals surface area contributed by atoms with Gasteiger partial charge in [0, 0.05) is 36.7 Å². The van der Waals surface area contributed by atoms with Crippen LogP contribution >= 0.6 is 0 Å². The van der Waals surface area contributed by atoms with Crippen molar-refractivity contribution in [3.05, 3.63) is 90.5 Å². The van der Waals surface area contributed by atoms with E-state index in [1.54, 1.807) is 19.0 Å². The third kappa shape index (κ3) is 3.30. The second kappa shape index (κ2) is 7.01. The van der Waals surface area contributed by atoms with Crippen LogP contribution in [0.1, 0.15) is 10.4 Å². The predicted molar refractivity (Wildman–Crippen MR) is 99.1 cm³/mol. The topological polar surface area (TPSA) is 23.6 Å². The van der Waals surface area contributed by atoms with Gasteiger partial charge in [-0.1, -0.05) is 36.4 Å². The second-order valence-corrected chi connectivity index (χ2v) is 5.75. The largest absolute Gasteiger partial charge is 0.345 e. The number of hydrogen-bond donors (Lipinski definition) is 0. The predicted octanol–water partition coefficient (Wildman–Crippen LogP) is 4.86. The Balaban J connectivity index is 2.02. The number of hydrogen-bond acceptors (Lipinski definition) is 2. The number of carbonyl (C=O) groups excluding carboxylic acids is 1. The maximum atomic E-state index is 12.1.